The third-order valence-electron chi connectivity index (χ3n) is 5.00. The van der Waals surface area contributed by atoms with E-state index >= 15 is 0 Å². The van der Waals surface area contributed by atoms with Crippen LogP contribution in [-0.4, -0.2) is 33.0 Å². The standard InChI is InChI=1S/C24H22ClN3O5S/c1-3-33-17-11-8-15(9-12-17)28-34(30,31)21-14-16(10-13-20(21)32-2)26-24(29)23-22(25)18-6-4-5-7-19(18)27-23/h4-14,27-28H,3H2,1-2H3,(H,26,29). The van der Waals surface area contributed by atoms with E-state index in [1.165, 1.54) is 19.2 Å². The van der Waals surface area contributed by atoms with E-state index < -0.39 is 15.9 Å². The molecule has 0 unspecified atom stereocenters. The number of anilines is 2. The highest BCUT2D eigenvalue weighted by atomic mass is 35.5. The number of sulfonamides is 1. The van der Waals surface area contributed by atoms with Crippen LogP contribution >= 0.6 is 11.6 Å². The van der Waals surface area contributed by atoms with Crippen LogP contribution in [0, 0.1) is 0 Å². The molecule has 3 N–H and O–H groups in total. The van der Waals surface area contributed by atoms with Crippen LogP contribution in [-0.2, 0) is 10.0 Å². The van der Waals surface area contributed by atoms with Gasteiger partial charge in [-0.2, -0.15) is 0 Å². The van der Waals surface area contributed by atoms with Gasteiger partial charge in [0.1, 0.15) is 22.1 Å². The lowest BCUT2D eigenvalue weighted by Crippen LogP contribution is -2.16. The fraction of sp³-hybridized carbons (Fsp3) is 0.125. The highest BCUT2D eigenvalue weighted by Crippen LogP contribution is 2.31. The van der Waals surface area contributed by atoms with Gasteiger partial charge in [0.2, 0.25) is 0 Å². The number of aromatic nitrogens is 1. The van der Waals surface area contributed by atoms with Gasteiger partial charge in [0.05, 0.1) is 18.7 Å². The number of carbonyl (C=O) groups excluding carboxylic acids is 1. The molecular weight excluding hydrogens is 478 g/mol. The van der Waals surface area contributed by atoms with E-state index in [0.29, 0.717) is 23.4 Å². The molecular formula is C24H22ClN3O5S. The van der Waals surface area contributed by atoms with E-state index in [0.717, 1.165) is 5.52 Å². The number of para-hydroxylation sites is 1. The van der Waals surface area contributed by atoms with Crippen molar-refractivity contribution in [2.45, 2.75) is 11.8 Å². The number of rotatable bonds is 8. The number of nitrogens with one attached hydrogen (secondary N) is 3. The zero-order valence-corrected chi connectivity index (χ0v) is 20.0. The van der Waals surface area contributed by atoms with Crippen LogP contribution < -0.4 is 19.5 Å². The molecule has 4 aromatic rings. The van der Waals surface area contributed by atoms with Crippen LogP contribution in [0.3, 0.4) is 0 Å². The summed E-state index contributed by atoms with van der Waals surface area (Å²) >= 11 is 6.36. The number of amides is 1. The van der Waals surface area contributed by atoms with Crippen molar-refractivity contribution in [3.63, 3.8) is 0 Å². The van der Waals surface area contributed by atoms with Crippen molar-refractivity contribution < 1.29 is 22.7 Å². The maximum atomic E-state index is 13.1. The molecule has 0 fully saturated rings. The maximum absolute atomic E-state index is 13.1. The molecule has 8 nitrogen and oxygen atoms in total. The van der Waals surface area contributed by atoms with Crippen LogP contribution in [0.1, 0.15) is 17.4 Å². The molecule has 0 atom stereocenters. The summed E-state index contributed by atoms with van der Waals surface area (Å²) in [7, 11) is -2.67. The van der Waals surface area contributed by atoms with Gasteiger partial charge in [-0.3, -0.25) is 9.52 Å². The molecule has 10 heteroatoms. The predicted molar refractivity (Wildman–Crippen MR) is 133 cm³/mol. The minimum atomic E-state index is -4.03. The Balaban J connectivity index is 1.60. The summed E-state index contributed by atoms with van der Waals surface area (Å²) in [6, 6.07) is 18.1. The molecule has 1 amide bonds. The number of hydrogen-bond acceptors (Lipinski definition) is 5. The smallest absolute Gasteiger partial charge is 0.273 e. The van der Waals surface area contributed by atoms with Crippen LogP contribution in [0.25, 0.3) is 10.9 Å². The SMILES string of the molecule is CCOc1ccc(NS(=O)(=O)c2cc(NC(=O)c3[nH]c4ccccc4c3Cl)ccc2OC)cc1. The molecule has 0 radical (unpaired) electrons. The maximum Gasteiger partial charge on any atom is 0.273 e. The first-order valence-corrected chi connectivity index (χ1v) is 12.2. The van der Waals surface area contributed by atoms with Crippen LogP contribution in [0.5, 0.6) is 11.5 Å². The highest BCUT2D eigenvalue weighted by Gasteiger charge is 2.22. The van der Waals surface area contributed by atoms with Gasteiger partial charge in [-0.15, -0.1) is 0 Å². The molecule has 0 saturated heterocycles. The number of hydrogen-bond donors (Lipinski definition) is 3. The summed E-state index contributed by atoms with van der Waals surface area (Å²) in [5, 5.41) is 3.69. The number of methoxy groups -OCH3 is 1. The Kier molecular flexibility index (Phi) is 6.67. The predicted octanol–water partition coefficient (Wildman–Crippen LogP) is 5.28. The van der Waals surface area contributed by atoms with Crippen molar-refractivity contribution in [3.8, 4) is 11.5 Å². The summed E-state index contributed by atoms with van der Waals surface area (Å²) < 4.78 is 39.4. The Bertz CT molecular complexity index is 1450. The van der Waals surface area contributed by atoms with Crippen molar-refractivity contribution in [3.05, 3.63) is 77.4 Å². The largest absolute Gasteiger partial charge is 0.495 e. The Morgan fingerprint density at radius 1 is 1.03 bits per heavy atom. The van der Waals surface area contributed by atoms with Crippen molar-refractivity contribution in [1.82, 2.24) is 4.98 Å². The molecule has 0 aliphatic carbocycles. The molecule has 0 bridgehead atoms. The van der Waals surface area contributed by atoms with Crippen molar-refractivity contribution in [2.75, 3.05) is 23.8 Å². The van der Waals surface area contributed by atoms with E-state index in [1.54, 1.807) is 36.4 Å². The molecule has 0 aliphatic heterocycles. The molecule has 0 saturated carbocycles. The molecule has 3 aromatic carbocycles. The highest BCUT2D eigenvalue weighted by molar-refractivity contribution is 7.92. The van der Waals surface area contributed by atoms with Crippen molar-refractivity contribution in [2.24, 2.45) is 0 Å². The summed E-state index contributed by atoms with van der Waals surface area (Å²) in [4.78, 5) is 15.7. The van der Waals surface area contributed by atoms with Gasteiger partial charge in [0, 0.05) is 22.3 Å². The second-order valence-electron chi connectivity index (χ2n) is 7.24. The molecule has 1 aromatic heterocycles. The lowest BCUT2D eigenvalue weighted by Gasteiger charge is -2.14. The van der Waals surface area contributed by atoms with Gasteiger partial charge < -0.3 is 19.8 Å². The summed E-state index contributed by atoms with van der Waals surface area (Å²) in [5.41, 5.74) is 1.50. The van der Waals surface area contributed by atoms with Gasteiger partial charge in [-0.1, -0.05) is 29.8 Å². The van der Waals surface area contributed by atoms with Crippen LogP contribution in [0.4, 0.5) is 11.4 Å². The monoisotopic (exact) mass is 499 g/mol. The van der Waals surface area contributed by atoms with E-state index in [2.05, 4.69) is 15.0 Å². The number of ether oxygens (including phenoxy) is 2. The van der Waals surface area contributed by atoms with Crippen LogP contribution in [0.2, 0.25) is 5.02 Å². The Morgan fingerprint density at radius 3 is 2.41 bits per heavy atom. The van der Waals surface area contributed by atoms with Gasteiger partial charge in [0.15, 0.2) is 0 Å². The number of H-pyrrole nitrogens is 1. The fourth-order valence-electron chi connectivity index (χ4n) is 3.42. The third-order valence-corrected chi connectivity index (χ3v) is 6.79. The van der Waals surface area contributed by atoms with Crippen LogP contribution in [0.15, 0.2) is 71.6 Å². The van der Waals surface area contributed by atoms with Gasteiger partial charge >= 0.3 is 0 Å². The van der Waals surface area contributed by atoms with Crippen molar-refractivity contribution >= 4 is 49.8 Å². The number of carbonyl (C=O) groups is 1. The van der Waals surface area contributed by atoms with E-state index in [4.69, 9.17) is 21.1 Å². The number of halogens is 1. The second-order valence-corrected chi connectivity index (χ2v) is 9.27. The molecule has 34 heavy (non-hydrogen) atoms. The van der Waals surface area contributed by atoms with Gasteiger partial charge in [0.25, 0.3) is 15.9 Å². The summed E-state index contributed by atoms with van der Waals surface area (Å²) in [5.74, 6) is 0.248. The minimum absolute atomic E-state index is 0.125. The van der Waals surface area contributed by atoms with E-state index in [-0.39, 0.29) is 27.0 Å². The second kappa shape index (κ2) is 9.66. The number of fused-ring (bicyclic) bond motifs is 1. The normalized spacial score (nSPS) is 11.3. The average Bonchev–Trinajstić information content (AvgIpc) is 3.17. The Hall–Kier alpha value is -3.69. The quantitative estimate of drug-likeness (QED) is 0.305. The molecule has 0 aliphatic rings. The Morgan fingerprint density at radius 2 is 1.74 bits per heavy atom. The first-order chi connectivity index (χ1) is 16.3. The summed E-state index contributed by atoms with van der Waals surface area (Å²) in [6.45, 7) is 2.37. The first-order valence-electron chi connectivity index (χ1n) is 10.3. The zero-order valence-electron chi connectivity index (χ0n) is 18.4. The average molecular weight is 500 g/mol. The van der Waals surface area contributed by atoms with Gasteiger partial charge in [-0.05, 0) is 55.5 Å². The third kappa shape index (κ3) is 4.80. The molecule has 4 rings (SSSR count). The minimum Gasteiger partial charge on any atom is -0.495 e. The van der Waals surface area contributed by atoms with E-state index in [9.17, 15) is 13.2 Å². The molecule has 1 heterocycles. The zero-order chi connectivity index (χ0) is 24.3. The fourth-order valence-corrected chi connectivity index (χ4v) is 4.97. The first kappa shape index (κ1) is 23.5. The molecule has 176 valence electrons. The summed E-state index contributed by atoms with van der Waals surface area (Å²) in [6.07, 6.45) is 0. The Labute approximate surface area is 201 Å². The molecule has 0 spiro atoms. The topological polar surface area (TPSA) is 110 Å². The lowest BCUT2D eigenvalue weighted by atomic mass is 10.2. The number of aromatic amines is 1. The lowest BCUT2D eigenvalue weighted by molar-refractivity contribution is 0.102. The number of benzene rings is 3. The van der Waals surface area contributed by atoms with Gasteiger partial charge in [-0.25, -0.2) is 8.42 Å². The van der Waals surface area contributed by atoms with E-state index in [1.807, 2.05) is 25.1 Å². The van der Waals surface area contributed by atoms with Crippen molar-refractivity contribution in [1.29, 1.82) is 0 Å².